The van der Waals surface area contributed by atoms with E-state index >= 15 is 0 Å². The highest BCUT2D eigenvalue weighted by molar-refractivity contribution is 5.70. The van der Waals surface area contributed by atoms with Gasteiger partial charge in [-0.15, -0.1) is 5.73 Å². The van der Waals surface area contributed by atoms with E-state index in [4.69, 9.17) is 4.74 Å². The summed E-state index contributed by atoms with van der Waals surface area (Å²) in [4.78, 5) is 11.8. The van der Waals surface area contributed by atoms with Crippen molar-refractivity contribution in [3.05, 3.63) is 53.3 Å². The first-order valence-electron chi connectivity index (χ1n) is 12.2. The summed E-state index contributed by atoms with van der Waals surface area (Å²) in [6.45, 7) is 7.88. The molecule has 0 aliphatic rings. The Labute approximate surface area is 190 Å². The maximum atomic E-state index is 11.8. The standard InChI is InChI=1S/C28H44O3/c1-5-6-7-8-9-10-11-12-13-14-15-16-17-26(29)25-21-18-24(19-22-25)20-23-27(30)31-28(2,3)4/h14,16,18-19,21-22,26,29H,5-13,17,20,23H2,1-4H3. The molecular formula is C28H44O3. The van der Waals surface area contributed by atoms with Crippen LogP contribution in [-0.2, 0) is 16.0 Å². The summed E-state index contributed by atoms with van der Waals surface area (Å²) < 4.78 is 5.34. The summed E-state index contributed by atoms with van der Waals surface area (Å²) in [5.74, 6) is -0.180. The first-order chi connectivity index (χ1) is 14.8. The van der Waals surface area contributed by atoms with Crippen LogP contribution < -0.4 is 0 Å². The molecule has 1 atom stereocenters. The summed E-state index contributed by atoms with van der Waals surface area (Å²) in [6.07, 6.45) is 16.8. The Hall–Kier alpha value is -1.83. The predicted molar refractivity (Wildman–Crippen MR) is 130 cm³/mol. The van der Waals surface area contributed by atoms with Crippen LogP contribution in [0.25, 0.3) is 0 Å². The van der Waals surface area contributed by atoms with Crippen molar-refractivity contribution in [1.82, 2.24) is 0 Å². The molecule has 1 unspecified atom stereocenters. The zero-order chi connectivity index (χ0) is 23.0. The normalized spacial score (nSPS) is 12.2. The third kappa shape index (κ3) is 14.7. The molecule has 0 aliphatic carbocycles. The number of hydrogen-bond acceptors (Lipinski definition) is 3. The molecule has 1 aromatic rings. The number of carbonyl (C=O) groups excluding carboxylic acids is 1. The van der Waals surface area contributed by atoms with Gasteiger partial charge in [-0.25, -0.2) is 0 Å². The second kappa shape index (κ2) is 15.9. The lowest BCUT2D eigenvalue weighted by Gasteiger charge is -2.19. The third-order valence-corrected chi connectivity index (χ3v) is 5.18. The SMILES string of the molecule is CCCCCCCCCCC=C=CCC(O)c1ccc(CCC(=O)OC(C)(C)C)cc1. The average molecular weight is 429 g/mol. The molecule has 0 radical (unpaired) electrons. The van der Waals surface area contributed by atoms with Gasteiger partial charge < -0.3 is 9.84 Å². The van der Waals surface area contributed by atoms with Crippen LogP contribution in [0.1, 0.15) is 116 Å². The number of ether oxygens (including phenoxy) is 1. The number of carbonyl (C=O) groups is 1. The van der Waals surface area contributed by atoms with E-state index in [1.165, 1.54) is 51.4 Å². The van der Waals surface area contributed by atoms with E-state index in [-0.39, 0.29) is 5.97 Å². The van der Waals surface area contributed by atoms with Crippen LogP contribution in [0.4, 0.5) is 0 Å². The molecule has 1 N–H and O–H groups in total. The molecule has 0 aromatic heterocycles. The van der Waals surface area contributed by atoms with Gasteiger partial charge in [0.25, 0.3) is 0 Å². The summed E-state index contributed by atoms with van der Waals surface area (Å²) in [5, 5.41) is 10.4. The predicted octanol–water partition coefficient (Wildman–Crippen LogP) is 7.63. The lowest BCUT2D eigenvalue weighted by molar-refractivity contribution is -0.154. The van der Waals surface area contributed by atoms with E-state index < -0.39 is 11.7 Å². The molecule has 1 aromatic carbocycles. The third-order valence-electron chi connectivity index (χ3n) is 5.18. The van der Waals surface area contributed by atoms with E-state index in [0.717, 1.165) is 17.5 Å². The molecule has 1 rings (SSSR count). The van der Waals surface area contributed by atoms with E-state index in [1.54, 1.807) is 0 Å². The van der Waals surface area contributed by atoms with Crippen molar-refractivity contribution in [2.24, 2.45) is 0 Å². The van der Waals surface area contributed by atoms with Gasteiger partial charge >= 0.3 is 5.97 Å². The summed E-state index contributed by atoms with van der Waals surface area (Å²) in [7, 11) is 0. The molecule has 0 saturated carbocycles. The number of benzene rings is 1. The fourth-order valence-corrected chi connectivity index (χ4v) is 3.41. The van der Waals surface area contributed by atoms with Crippen molar-refractivity contribution in [3.63, 3.8) is 0 Å². The van der Waals surface area contributed by atoms with E-state index in [2.05, 4.69) is 18.7 Å². The van der Waals surface area contributed by atoms with Gasteiger partial charge in [-0.3, -0.25) is 4.79 Å². The number of unbranched alkanes of at least 4 members (excludes halogenated alkanes) is 8. The minimum atomic E-state index is -0.524. The zero-order valence-corrected chi connectivity index (χ0v) is 20.3. The van der Waals surface area contributed by atoms with Gasteiger partial charge in [-0.05, 0) is 63.3 Å². The fraction of sp³-hybridized carbons (Fsp3) is 0.643. The van der Waals surface area contributed by atoms with Gasteiger partial charge in [0.2, 0.25) is 0 Å². The summed E-state index contributed by atoms with van der Waals surface area (Å²) >= 11 is 0. The van der Waals surface area contributed by atoms with Crippen LogP contribution in [0, 0.1) is 0 Å². The minimum absolute atomic E-state index is 0.180. The molecule has 0 amide bonds. The lowest BCUT2D eigenvalue weighted by atomic mass is 10.0. The maximum Gasteiger partial charge on any atom is 0.306 e. The largest absolute Gasteiger partial charge is 0.460 e. The van der Waals surface area contributed by atoms with E-state index in [0.29, 0.717) is 19.3 Å². The minimum Gasteiger partial charge on any atom is -0.460 e. The fourth-order valence-electron chi connectivity index (χ4n) is 3.41. The molecule has 0 aliphatic heterocycles. The van der Waals surface area contributed by atoms with Gasteiger partial charge in [0.05, 0.1) is 6.10 Å². The molecule has 0 heterocycles. The molecule has 0 fully saturated rings. The Morgan fingerprint density at radius 1 is 1.00 bits per heavy atom. The van der Waals surface area contributed by atoms with Crippen LogP contribution in [0.5, 0.6) is 0 Å². The molecule has 3 heteroatoms. The van der Waals surface area contributed by atoms with Crippen molar-refractivity contribution >= 4 is 5.97 Å². The maximum absolute atomic E-state index is 11.8. The van der Waals surface area contributed by atoms with Gasteiger partial charge in [0, 0.05) is 12.8 Å². The van der Waals surface area contributed by atoms with Crippen molar-refractivity contribution in [3.8, 4) is 0 Å². The van der Waals surface area contributed by atoms with Crippen molar-refractivity contribution in [2.45, 2.75) is 116 Å². The molecule has 3 nitrogen and oxygen atoms in total. The highest BCUT2D eigenvalue weighted by atomic mass is 16.6. The Kier molecular flexibility index (Phi) is 13.9. The van der Waals surface area contributed by atoms with Gasteiger partial charge in [-0.1, -0.05) is 76.1 Å². The monoisotopic (exact) mass is 428 g/mol. The average Bonchev–Trinajstić information content (AvgIpc) is 2.72. The topological polar surface area (TPSA) is 46.5 Å². The second-order valence-electron chi connectivity index (χ2n) is 9.42. The number of aryl methyl sites for hydroxylation is 1. The molecular weight excluding hydrogens is 384 g/mol. The second-order valence-corrected chi connectivity index (χ2v) is 9.42. The first kappa shape index (κ1) is 27.2. The van der Waals surface area contributed by atoms with E-state index in [9.17, 15) is 9.90 Å². The number of esters is 1. The van der Waals surface area contributed by atoms with E-state index in [1.807, 2.05) is 51.1 Å². The molecule has 0 spiro atoms. The van der Waals surface area contributed by atoms with Gasteiger partial charge in [-0.2, -0.15) is 0 Å². The first-order valence-corrected chi connectivity index (χ1v) is 12.2. The van der Waals surface area contributed by atoms with Gasteiger partial charge in [0.15, 0.2) is 0 Å². The summed E-state index contributed by atoms with van der Waals surface area (Å²) in [6, 6.07) is 7.83. The Morgan fingerprint density at radius 3 is 2.23 bits per heavy atom. The van der Waals surface area contributed by atoms with Crippen LogP contribution in [0.3, 0.4) is 0 Å². The number of aliphatic hydroxyl groups excluding tert-OH is 1. The lowest BCUT2D eigenvalue weighted by Crippen LogP contribution is -2.24. The smallest absolute Gasteiger partial charge is 0.306 e. The van der Waals surface area contributed by atoms with Crippen LogP contribution in [0.2, 0.25) is 0 Å². The van der Waals surface area contributed by atoms with Crippen LogP contribution in [0.15, 0.2) is 42.1 Å². The quantitative estimate of drug-likeness (QED) is 0.177. The Morgan fingerprint density at radius 2 is 1.61 bits per heavy atom. The molecule has 0 bridgehead atoms. The van der Waals surface area contributed by atoms with Crippen LogP contribution in [-0.4, -0.2) is 16.7 Å². The number of hydrogen-bond donors (Lipinski definition) is 1. The van der Waals surface area contributed by atoms with Crippen molar-refractivity contribution in [1.29, 1.82) is 0 Å². The molecule has 0 saturated heterocycles. The highest BCUT2D eigenvalue weighted by Crippen LogP contribution is 2.19. The summed E-state index contributed by atoms with van der Waals surface area (Å²) in [5.41, 5.74) is 4.73. The molecule has 31 heavy (non-hydrogen) atoms. The van der Waals surface area contributed by atoms with Crippen molar-refractivity contribution < 1.29 is 14.6 Å². The van der Waals surface area contributed by atoms with Gasteiger partial charge in [0.1, 0.15) is 5.60 Å². The number of aliphatic hydroxyl groups is 1. The van der Waals surface area contributed by atoms with Crippen LogP contribution >= 0.6 is 0 Å². The Balaban J connectivity index is 2.23. The number of rotatable bonds is 15. The van der Waals surface area contributed by atoms with Crippen molar-refractivity contribution in [2.75, 3.05) is 0 Å². The zero-order valence-electron chi connectivity index (χ0n) is 20.3. The highest BCUT2D eigenvalue weighted by Gasteiger charge is 2.16. The molecule has 174 valence electrons. The Bertz CT molecular complexity index is 660.